The lowest BCUT2D eigenvalue weighted by atomic mass is 10.2. The molecule has 0 fully saturated rings. The predicted octanol–water partition coefficient (Wildman–Crippen LogP) is 4.12. The number of rotatable bonds is 6. The van der Waals surface area contributed by atoms with Gasteiger partial charge in [0.25, 0.3) is 0 Å². The average molecular weight is 340 g/mol. The van der Waals surface area contributed by atoms with Crippen LogP contribution in [-0.4, -0.2) is 24.2 Å². The number of ether oxygens (including phenoxy) is 2. The Hall–Kier alpha value is -3.35. The second-order valence-corrected chi connectivity index (χ2v) is 5.12. The third-order valence-corrected chi connectivity index (χ3v) is 3.44. The molecule has 7 heteroatoms. The predicted molar refractivity (Wildman–Crippen MR) is 94.5 cm³/mol. The van der Waals surface area contributed by atoms with E-state index in [9.17, 15) is 4.39 Å². The highest BCUT2D eigenvalue weighted by Crippen LogP contribution is 2.31. The first-order valence-electron chi connectivity index (χ1n) is 7.51. The van der Waals surface area contributed by atoms with Crippen LogP contribution in [0.5, 0.6) is 11.5 Å². The van der Waals surface area contributed by atoms with Crippen LogP contribution >= 0.6 is 0 Å². The normalized spacial score (nSPS) is 10.2. The van der Waals surface area contributed by atoms with Gasteiger partial charge in [0.1, 0.15) is 23.8 Å². The Balaban J connectivity index is 1.76. The van der Waals surface area contributed by atoms with Crippen LogP contribution in [0.15, 0.2) is 54.9 Å². The number of halogens is 1. The van der Waals surface area contributed by atoms with E-state index in [-0.39, 0.29) is 5.82 Å². The maximum absolute atomic E-state index is 13.0. The summed E-state index contributed by atoms with van der Waals surface area (Å²) in [6, 6.07) is 13.3. The molecule has 0 unspecified atom stereocenters. The fourth-order valence-electron chi connectivity index (χ4n) is 2.24. The number of aromatic nitrogens is 2. The number of hydrogen-bond acceptors (Lipinski definition) is 6. The van der Waals surface area contributed by atoms with Crippen LogP contribution in [0.25, 0.3) is 0 Å². The third-order valence-electron chi connectivity index (χ3n) is 3.44. The maximum Gasteiger partial charge on any atom is 0.162 e. The Morgan fingerprint density at radius 2 is 1.36 bits per heavy atom. The summed E-state index contributed by atoms with van der Waals surface area (Å²) >= 11 is 0. The number of nitrogens with zero attached hydrogens (tertiary/aromatic N) is 2. The fraction of sp³-hybridized carbons (Fsp3) is 0.111. The van der Waals surface area contributed by atoms with Crippen molar-refractivity contribution in [2.75, 3.05) is 24.9 Å². The Morgan fingerprint density at radius 3 is 2.00 bits per heavy atom. The minimum atomic E-state index is -0.288. The van der Waals surface area contributed by atoms with E-state index >= 15 is 0 Å². The van der Waals surface area contributed by atoms with Crippen molar-refractivity contribution in [3.63, 3.8) is 0 Å². The first-order chi connectivity index (χ1) is 12.2. The van der Waals surface area contributed by atoms with Gasteiger partial charge in [0.05, 0.1) is 14.2 Å². The highest BCUT2D eigenvalue weighted by molar-refractivity contribution is 5.65. The Kier molecular flexibility index (Phi) is 4.94. The molecule has 1 aromatic heterocycles. The molecule has 3 aromatic rings. The van der Waals surface area contributed by atoms with Gasteiger partial charge in [0, 0.05) is 23.5 Å². The molecular formula is C18H17FN4O2. The van der Waals surface area contributed by atoms with E-state index in [1.807, 2.05) is 12.1 Å². The van der Waals surface area contributed by atoms with Crippen LogP contribution in [0.4, 0.5) is 27.4 Å². The number of methoxy groups -OCH3 is 2. The molecule has 0 aliphatic carbocycles. The van der Waals surface area contributed by atoms with Gasteiger partial charge in [-0.25, -0.2) is 14.4 Å². The molecule has 0 bridgehead atoms. The molecule has 2 N–H and O–H groups in total. The summed E-state index contributed by atoms with van der Waals surface area (Å²) in [5.74, 6) is 2.17. The van der Waals surface area contributed by atoms with Gasteiger partial charge in [0.15, 0.2) is 11.5 Å². The van der Waals surface area contributed by atoms with E-state index < -0.39 is 0 Å². The van der Waals surface area contributed by atoms with Crippen LogP contribution in [0.2, 0.25) is 0 Å². The molecule has 2 aromatic carbocycles. The van der Waals surface area contributed by atoms with Crippen molar-refractivity contribution in [2.45, 2.75) is 0 Å². The molecule has 0 saturated heterocycles. The van der Waals surface area contributed by atoms with E-state index in [2.05, 4.69) is 20.6 Å². The summed E-state index contributed by atoms with van der Waals surface area (Å²) < 4.78 is 23.5. The molecule has 0 aliphatic heterocycles. The largest absolute Gasteiger partial charge is 0.493 e. The zero-order chi connectivity index (χ0) is 17.6. The second-order valence-electron chi connectivity index (χ2n) is 5.12. The Labute approximate surface area is 144 Å². The van der Waals surface area contributed by atoms with Crippen LogP contribution in [0.3, 0.4) is 0 Å². The molecule has 25 heavy (non-hydrogen) atoms. The smallest absolute Gasteiger partial charge is 0.162 e. The van der Waals surface area contributed by atoms with Crippen LogP contribution in [0.1, 0.15) is 0 Å². The first-order valence-corrected chi connectivity index (χ1v) is 7.51. The minimum absolute atomic E-state index is 0.288. The lowest BCUT2D eigenvalue weighted by Crippen LogP contribution is -1.99. The third kappa shape index (κ3) is 4.14. The number of benzene rings is 2. The van der Waals surface area contributed by atoms with Gasteiger partial charge < -0.3 is 20.1 Å². The fourth-order valence-corrected chi connectivity index (χ4v) is 2.24. The quantitative estimate of drug-likeness (QED) is 0.703. The number of hydrogen-bond donors (Lipinski definition) is 2. The standard InChI is InChI=1S/C18H17FN4O2/c1-24-15-8-7-14(9-16(15)25-2)23-18-10-17(20-11-21-18)22-13-5-3-12(19)4-6-13/h3-11H,1-2H3,(H2,20,21,22,23). The number of nitrogens with one attached hydrogen (secondary N) is 2. The molecule has 3 rings (SSSR count). The van der Waals surface area contributed by atoms with Gasteiger partial charge in [-0.15, -0.1) is 0 Å². The van der Waals surface area contributed by atoms with E-state index in [4.69, 9.17) is 9.47 Å². The highest BCUT2D eigenvalue weighted by atomic mass is 19.1. The van der Waals surface area contributed by atoms with Crippen molar-refractivity contribution < 1.29 is 13.9 Å². The highest BCUT2D eigenvalue weighted by Gasteiger charge is 2.06. The van der Waals surface area contributed by atoms with Crippen molar-refractivity contribution in [3.8, 4) is 11.5 Å². The molecular weight excluding hydrogens is 323 g/mol. The molecule has 0 saturated carbocycles. The van der Waals surface area contributed by atoms with E-state index in [1.165, 1.54) is 18.5 Å². The van der Waals surface area contributed by atoms with Crippen molar-refractivity contribution in [3.05, 3.63) is 60.7 Å². The molecule has 0 aliphatic rings. The van der Waals surface area contributed by atoms with Crippen molar-refractivity contribution in [1.29, 1.82) is 0 Å². The monoisotopic (exact) mass is 340 g/mol. The van der Waals surface area contributed by atoms with Gasteiger partial charge in [0.2, 0.25) is 0 Å². The Bertz CT molecular complexity index is 856. The summed E-state index contributed by atoms with van der Waals surface area (Å²) in [6.07, 6.45) is 1.44. The summed E-state index contributed by atoms with van der Waals surface area (Å²) in [7, 11) is 3.17. The van der Waals surface area contributed by atoms with Crippen LogP contribution in [0, 0.1) is 5.82 Å². The zero-order valence-electron chi connectivity index (χ0n) is 13.8. The second kappa shape index (κ2) is 7.48. The maximum atomic E-state index is 13.0. The molecule has 128 valence electrons. The van der Waals surface area contributed by atoms with Crippen molar-refractivity contribution in [1.82, 2.24) is 9.97 Å². The summed E-state index contributed by atoms with van der Waals surface area (Å²) in [4.78, 5) is 8.35. The molecule has 0 amide bonds. The van der Waals surface area contributed by atoms with E-state index in [0.29, 0.717) is 23.1 Å². The molecule has 1 heterocycles. The lowest BCUT2D eigenvalue weighted by Gasteiger charge is -2.11. The summed E-state index contributed by atoms with van der Waals surface area (Å²) in [5, 5.41) is 6.27. The molecule has 0 spiro atoms. The summed E-state index contributed by atoms with van der Waals surface area (Å²) in [6.45, 7) is 0. The Morgan fingerprint density at radius 1 is 0.760 bits per heavy atom. The number of anilines is 4. The van der Waals surface area contributed by atoms with Crippen molar-refractivity contribution in [2.24, 2.45) is 0 Å². The topological polar surface area (TPSA) is 68.3 Å². The SMILES string of the molecule is COc1ccc(Nc2cc(Nc3ccc(F)cc3)ncn2)cc1OC. The average Bonchev–Trinajstić information content (AvgIpc) is 2.64. The molecule has 0 atom stereocenters. The van der Waals surface area contributed by atoms with Crippen molar-refractivity contribution >= 4 is 23.0 Å². The van der Waals surface area contributed by atoms with Crippen LogP contribution < -0.4 is 20.1 Å². The first kappa shape index (κ1) is 16.5. The van der Waals surface area contributed by atoms with Crippen LogP contribution in [-0.2, 0) is 0 Å². The van der Waals surface area contributed by atoms with E-state index in [1.54, 1.807) is 38.5 Å². The van der Waals surface area contributed by atoms with Gasteiger partial charge in [-0.2, -0.15) is 0 Å². The summed E-state index contributed by atoms with van der Waals surface area (Å²) in [5.41, 5.74) is 1.53. The molecule has 0 radical (unpaired) electrons. The van der Waals surface area contributed by atoms with Gasteiger partial charge >= 0.3 is 0 Å². The van der Waals surface area contributed by atoms with Gasteiger partial charge in [-0.1, -0.05) is 0 Å². The zero-order valence-corrected chi connectivity index (χ0v) is 13.8. The molecule has 6 nitrogen and oxygen atoms in total. The van der Waals surface area contributed by atoms with E-state index in [0.717, 1.165) is 11.4 Å². The van der Waals surface area contributed by atoms with Gasteiger partial charge in [-0.05, 0) is 36.4 Å². The lowest BCUT2D eigenvalue weighted by molar-refractivity contribution is 0.355. The van der Waals surface area contributed by atoms with Gasteiger partial charge in [-0.3, -0.25) is 0 Å². The minimum Gasteiger partial charge on any atom is -0.493 e.